The van der Waals surface area contributed by atoms with Crippen LogP contribution in [0.5, 0.6) is 5.88 Å². The molecule has 1 atom stereocenters. The van der Waals surface area contributed by atoms with Crippen LogP contribution in [-0.4, -0.2) is 87.3 Å². The van der Waals surface area contributed by atoms with E-state index in [-0.39, 0.29) is 11.9 Å². The first-order valence-corrected chi connectivity index (χ1v) is 12.7. The van der Waals surface area contributed by atoms with Crippen molar-refractivity contribution in [1.29, 1.82) is 0 Å². The molecule has 3 aliphatic rings. The van der Waals surface area contributed by atoms with E-state index in [1.165, 1.54) is 0 Å². The summed E-state index contributed by atoms with van der Waals surface area (Å²) in [7, 11) is 0. The van der Waals surface area contributed by atoms with E-state index >= 15 is 0 Å². The summed E-state index contributed by atoms with van der Waals surface area (Å²) in [4.78, 5) is 19.3. The zero-order valence-corrected chi connectivity index (χ0v) is 20.4. The van der Waals surface area contributed by atoms with E-state index in [4.69, 9.17) is 14.2 Å². The lowest BCUT2D eigenvalue weighted by Gasteiger charge is -2.26. The van der Waals surface area contributed by atoms with Crippen molar-refractivity contribution < 1.29 is 19.0 Å². The highest BCUT2D eigenvalue weighted by molar-refractivity contribution is 5.96. The number of hydrogen-bond donors (Lipinski definition) is 3. The number of hydrogen-bond acceptors (Lipinski definition) is 9. The first-order valence-electron chi connectivity index (χ1n) is 12.7. The van der Waals surface area contributed by atoms with Crippen LogP contribution in [-0.2, 0) is 9.47 Å². The lowest BCUT2D eigenvalue weighted by Crippen LogP contribution is -2.38. The molecule has 10 heteroatoms. The number of aromatic nitrogens is 1. The number of pyridine rings is 1. The number of nitrogens with zero attached hydrogens (tertiary/aromatic N) is 3. The number of nitrogens with one attached hydrogen (secondary N) is 3. The van der Waals surface area contributed by atoms with E-state index in [2.05, 4.69) is 31.0 Å². The Morgan fingerprint density at radius 3 is 2.89 bits per heavy atom. The molecule has 1 unspecified atom stereocenters. The number of ether oxygens (including phenoxy) is 3. The Kier molecular flexibility index (Phi) is 8.39. The minimum absolute atomic E-state index is 0.0452. The number of rotatable bonds is 10. The van der Waals surface area contributed by atoms with Gasteiger partial charge in [0.15, 0.2) is 5.82 Å². The summed E-state index contributed by atoms with van der Waals surface area (Å²) in [6.45, 7) is 6.84. The van der Waals surface area contributed by atoms with Crippen LogP contribution in [0, 0.1) is 0 Å². The van der Waals surface area contributed by atoms with Gasteiger partial charge in [0, 0.05) is 43.9 Å². The molecular formula is C26H34N6O4. The summed E-state index contributed by atoms with van der Waals surface area (Å²) in [5.41, 5.74) is 5.51. The zero-order valence-electron chi connectivity index (χ0n) is 20.4. The second-order valence-corrected chi connectivity index (χ2v) is 9.25. The van der Waals surface area contributed by atoms with Gasteiger partial charge in [0.1, 0.15) is 6.61 Å². The van der Waals surface area contributed by atoms with Gasteiger partial charge < -0.3 is 24.8 Å². The Balaban J connectivity index is 1.24. The van der Waals surface area contributed by atoms with E-state index in [1.807, 2.05) is 36.4 Å². The van der Waals surface area contributed by atoms with Gasteiger partial charge in [-0.2, -0.15) is 10.1 Å². The predicted octanol–water partition coefficient (Wildman–Crippen LogP) is 1.79. The maximum Gasteiger partial charge on any atom is 0.251 e. The van der Waals surface area contributed by atoms with Gasteiger partial charge in [0.05, 0.1) is 38.7 Å². The zero-order chi connectivity index (χ0) is 24.6. The Morgan fingerprint density at radius 2 is 2.08 bits per heavy atom. The summed E-state index contributed by atoms with van der Waals surface area (Å²) < 4.78 is 17.1. The molecule has 1 aliphatic carbocycles. The first kappa shape index (κ1) is 24.6. The Morgan fingerprint density at radius 1 is 1.19 bits per heavy atom. The van der Waals surface area contributed by atoms with Crippen molar-refractivity contribution in [3.05, 3.63) is 53.1 Å². The normalized spacial score (nSPS) is 20.8. The summed E-state index contributed by atoms with van der Waals surface area (Å²) >= 11 is 0. The van der Waals surface area contributed by atoms with E-state index < -0.39 is 0 Å². The van der Waals surface area contributed by atoms with E-state index in [0.717, 1.165) is 63.4 Å². The maximum atomic E-state index is 12.3. The molecule has 2 saturated heterocycles. The summed E-state index contributed by atoms with van der Waals surface area (Å²) in [5.74, 6) is 1.08. The molecule has 0 radical (unpaired) electrons. The van der Waals surface area contributed by atoms with Crippen molar-refractivity contribution in [2.45, 2.75) is 24.9 Å². The monoisotopic (exact) mass is 494 g/mol. The minimum atomic E-state index is -0.0452. The highest BCUT2D eigenvalue weighted by Gasteiger charge is 2.23. The predicted molar refractivity (Wildman–Crippen MR) is 137 cm³/mol. The van der Waals surface area contributed by atoms with E-state index in [9.17, 15) is 4.79 Å². The number of anilines is 1. The van der Waals surface area contributed by atoms with Gasteiger partial charge in [0.25, 0.3) is 5.91 Å². The third-order valence-corrected chi connectivity index (χ3v) is 6.36. The topological polar surface area (TPSA) is 109 Å². The van der Waals surface area contributed by atoms with Crippen molar-refractivity contribution in [3.8, 4) is 5.88 Å². The van der Waals surface area contributed by atoms with Gasteiger partial charge in [-0.15, -0.1) is 0 Å². The van der Waals surface area contributed by atoms with Crippen LogP contribution in [0.2, 0.25) is 0 Å². The quantitative estimate of drug-likeness (QED) is 0.339. The van der Waals surface area contributed by atoms with Crippen LogP contribution in [0.1, 0.15) is 40.4 Å². The molecule has 2 aliphatic heterocycles. The number of carbonyl (C=O) groups is 1. The number of morpholine rings is 2. The average molecular weight is 495 g/mol. The van der Waals surface area contributed by atoms with Gasteiger partial charge in [-0.3, -0.25) is 15.1 Å². The van der Waals surface area contributed by atoms with Gasteiger partial charge in [0.2, 0.25) is 5.88 Å². The van der Waals surface area contributed by atoms with Gasteiger partial charge in [-0.25, -0.2) is 0 Å². The fourth-order valence-electron chi connectivity index (χ4n) is 4.17. The van der Waals surface area contributed by atoms with Crippen molar-refractivity contribution in [3.63, 3.8) is 0 Å². The number of hydrazone groups is 1. The molecule has 1 amide bonds. The summed E-state index contributed by atoms with van der Waals surface area (Å²) in [6.07, 6.45) is 3.80. The molecule has 1 aromatic carbocycles. The SMILES string of the molecule is O=C(NC1CC1)c1cccc(/C=N/Nc2cc(C3COCCN3)cc(OCCN3CCOCC3)n2)c1. The maximum absolute atomic E-state index is 12.3. The standard InChI is InChI=1S/C26H34N6O4/c33-26(29-22-4-5-22)20-3-1-2-19(14-20)17-28-31-24-15-21(23-18-35-10-6-27-23)16-25(30-24)36-13-9-32-7-11-34-12-8-32/h1-3,14-17,22-23,27H,4-13,18H2,(H,29,33)(H,30,31)/b28-17+. The minimum Gasteiger partial charge on any atom is -0.476 e. The van der Waals surface area contributed by atoms with Crippen LogP contribution in [0.3, 0.4) is 0 Å². The Bertz CT molecular complexity index is 1050. The lowest BCUT2D eigenvalue weighted by molar-refractivity contribution is 0.0320. The smallest absolute Gasteiger partial charge is 0.251 e. The van der Waals surface area contributed by atoms with Crippen molar-refractivity contribution in [2.24, 2.45) is 5.10 Å². The fourth-order valence-corrected chi connectivity index (χ4v) is 4.17. The van der Waals surface area contributed by atoms with E-state index in [0.29, 0.717) is 43.1 Å². The summed E-state index contributed by atoms with van der Waals surface area (Å²) in [6, 6.07) is 11.7. The molecule has 3 heterocycles. The number of carbonyl (C=O) groups excluding carboxylic acids is 1. The molecule has 0 spiro atoms. The van der Waals surface area contributed by atoms with Gasteiger partial charge in [-0.1, -0.05) is 12.1 Å². The molecule has 10 nitrogen and oxygen atoms in total. The second-order valence-electron chi connectivity index (χ2n) is 9.25. The molecule has 1 saturated carbocycles. The molecule has 0 bridgehead atoms. The van der Waals surface area contributed by atoms with E-state index in [1.54, 1.807) is 6.21 Å². The van der Waals surface area contributed by atoms with Gasteiger partial charge in [-0.05, 0) is 42.2 Å². The molecule has 5 rings (SSSR count). The second kappa shape index (κ2) is 12.3. The molecule has 2 aromatic rings. The molecule has 1 aromatic heterocycles. The highest BCUT2D eigenvalue weighted by Crippen LogP contribution is 2.24. The molecule has 192 valence electrons. The van der Waals surface area contributed by atoms with Crippen LogP contribution < -0.4 is 20.8 Å². The van der Waals surface area contributed by atoms with Gasteiger partial charge >= 0.3 is 0 Å². The summed E-state index contributed by atoms with van der Waals surface area (Å²) in [5, 5.41) is 10.9. The van der Waals surface area contributed by atoms with Crippen LogP contribution in [0.25, 0.3) is 0 Å². The van der Waals surface area contributed by atoms with Crippen molar-refractivity contribution in [1.82, 2.24) is 20.5 Å². The third-order valence-electron chi connectivity index (χ3n) is 6.36. The van der Waals surface area contributed by atoms with Crippen LogP contribution in [0.15, 0.2) is 41.5 Å². The largest absolute Gasteiger partial charge is 0.476 e. The van der Waals surface area contributed by atoms with Crippen molar-refractivity contribution >= 4 is 17.9 Å². The molecular weight excluding hydrogens is 460 g/mol. The highest BCUT2D eigenvalue weighted by atomic mass is 16.5. The Hall–Kier alpha value is -3.05. The van der Waals surface area contributed by atoms with Crippen LogP contribution in [0.4, 0.5) is 5.82 Å². The Labute approximate surface area is 211 Å². The molecule has 3 fully saturated rings. The molecule has 36 heavy (non-hydrogen) atoms. The lowest BCUT2D eigenvalue weighted by atomic mass is 10.1. The molecule has 3 N–H and O–H groups in total. The number of benzene rings is 1. The van der Waals surface area contributed by atoms with Crippen molar-refractivity contribution in [2.75, 3.05) is 64.6 Å². The fraction of sp³-hybridized carbons (Fsp3) is 0.500. The average Bonchev–Trinajstić information content (AvgIpc) is 3.74. The number of amides is 1. The van der Waals surface area contributed by atoms with Crippen LogP contribution >= 0.6 is 0 Å². The third kappa shape index (κ3) is 7.23. The first-order chi connectivity index (χ1) is 17.7.